The molecule has 1 aliphatic heterocycles. The molecule has 0 bridgehead atoms. The van der Waals surface area contributed by atoms with E-state index in [0.29, 0.717) is 25.9 Å². The van der Waals surface area contributed by atoms with Gasteiger partial charge < -0.3 is 19.7 Å². The largest absolute Gasteiger partial charge is 0.368 e. The van der Waals surface area contributed by atoms with Crippen LogP contribution in [0.25, 0.3) is 0 Å². The zero-order valence-electron chi connectivity index (χ0n) is 11.9. The number of hydrogen-bond donors (Lipinski definition) is 2. The topological polar surface area (TPSA) is 76.0 Å². The van der Waals surface area contributed by atoms with Crippen LogP contribution in [0.4, 0.5) is 0 Å². The lowest BCUT2D eigenvalue weighted by Crippen LogP contribution is -2.19. The third kappa shape index (κ3) is 13.7. The van der Waals surface area contributed by atoms with Crippen LogP contribution in [0.1, 0.15) is 58.3 Å². The van der Waals surface area contributed by atoms with Crippen LogP contribution in [0.2, 0.25) is 0 Å². The highest BCUT2D eigenvalue weighted by Crippen LogP contribution is 2.06. The van der Waals surface area contributed by atoms with Crippen LogP contribution in [0.3, 0.4) is 0 Å². The zero-order valence-corrected chi connectivity index (χ0v) is 11.9. The van der Waals surface area contributed by atoms with E-state index < -0.39 is 12.6 Å². The maximum Gasteiger partial charge on any atom is 0.214 e. The van der Waals surface area contributed by atoms with Crippen LogP contribution < -0.4 is 0 Å². The van der Waals surface area contributed by atoms with Gasteiger partial charge >= 0.3 is 0 Å². The fourth-order valence-corrected chi connectivity index (χ4v) is 1.66. The highest BCUT2D eigenvalue weighted by Gasteiger charge is 2.08. The first-order valence-electron chi connectivity index (χ1n) is 7.25. The molecule has 1 aliphatic rings. The van der Waals surface area contributed by atoms with Crippen LogP contribution in [-0.4, -0.2) is 42.3 Å². The molecule has 1 heterocycles. The summed E-state index contributed by atoms with van der Waals surface area (Å²) in [6.45, 7) is 3.37. The maximum absolute atomic E-state index is 10.3. The van der Waals surface area contributed by atoms with Crippen LogP contribution in [-0.2, 0) is 14.3 Å². The average molecular weight is 276 g/mol. The summed E-state index contributed by atoms with van der Waals surface area (Å²) in [6, 6.07) is 0. The van der Waals surface area contributed by atoms with Gasteiger partial charge in [-0.25, -0.2) is 0 Å². The molecule has 0 aromatic heterocycles. The molecule has 1 saturated heterocycles. The first-order chi connectivity index (χ1) is 9.20. The summed E-state index contributed by atoms with van der Waals surface area (Å²) in [5, 5.41) is 16.7. The minimum absolute atomic E-state index is 0.522. The molecule has 0 radical (unpaired) electrons. The van der Waals surface area contributed by atoms with Crippen molar-refractivity contribution in [3.05, 3.63) is 0 Å². The van der Waals surface area contributed by atoms with Gasteiger partial charge in [-0.05, 0) is 25.7 Å². The van der Waals surface area contributed by atoms with Crippen LogP contribution in [0, 0.1) is 0 Å². The van der Waals surface area contributed by atoms with E-state index in [-0.39, 0.29) is 0 Å². The van der Waals surface area contributed by atoms with Crippen molar-refractivity contribution in [1.82, 2.24) is 0 Å². The van der Waals surface area contributed by atoms with Crippen LogP contribution in [0.5, 0.6) is 0 Å². The quantitative estimate of drug-likeness (QED) is 0.456. The Hall–Kier alpha value is -0.490. The number of ether oxygens (including phenoxy) is 2. The molecule has 5 nitrogen and oxygen atoms in total. The Morgan fingerprint density at radius 1 is 1.11 bits per heavy atom. The first-order valence-corrected chi connectivity index (χ1v) is 7.25. The smallest absolute Gasteiger partial charge is 0.214 e. The summed E-state index contributed by atoms with van der Waals surface area (Å²) in [4.78, 5) is 10.3. The summed E-state index contributed by atoms with van der Waals surface area (Å²) in [5.74, 6) is 0. The number of aldehydes is 1. The summed E-state index contributed by atoms with van der Waals surface area (Å²) in [7, 11) is 0. The number of hydrogen-bond acceptors (Lipinski definition) is 5. The van der Waals surface area contributed by atoms with Crippen molar-refractivity contribution in [2.75, 3.05) is 13.2 Å². The number of rotatable bonds is 5. The fraction of sp³-hybridized carbons (Fsp3) is 0.929. The Morgan fingerprint density at radius 2 is 1.68 bits per heavy atom. The van der Waals surface area contributed by atoms with Crippen molar-refractivity contribution < 1.29 is 24.5 Å². The first kappa shape index (κ1) is 18.5. The summed E-state index contributed by atoms with van der Waals surface area (Å²) < 4.78 is 10.2. The lowest BCUT2D eigenvalue weighted by Gasteiger charge is -2.09. The second-order valence-corrected chi connectivity index (χ2v) is 4.64. The summed E-state index contributed by atoms with van der Waals surface area (Å²) in [5.41, 5.74) is 0. The van der Waals surface area contributed by atoms with E-state index in [9.17, 15) is 4.79 Å². The monoisotopic (exact) mass is 276 g/mol. The molecular formula is C14H28O5. The highest BCUT2D eigenvalue weighted by molar-refractivity contribution is 5.53. The molecule has 0 spiro atoms. The molecule has 1 fully saturated rings. The van der Waals surface area contributed by atoms with Gasteiger partial charge in [0.2, 0.25) is 6.29 Å². The Balaban J connectivity index is 0.000000362. The molecule has 0 aromatic rings. The predicted molar refractivity (Wildman–Crippen MR) is 72.6 cm³/mol. The highest BCUT2D eigenvalue weighted by atomic mass is 16.7. The number of aliphatic hydroxyl groups is 2. The van der Waals surface area contributed by atoms with Gasteiger partial charge in [-0.3, -0.25) is 4.79 Å². The summed E-state index contributed by atoms with van der Waals surface area (Å²) in [6.07, 6.45) is 7.10. The minimum Gasteiger partial charge on any atom is -0.368 e. The van der Waals surface area contributed by atoms with Crippen molar-refractivity contribution in [3.63, 3.8) is 0 Å². The molecule has 114 valence electrons. The van der Waals surface area contributed by atoms with Gasteiger partial charge in [-0.1, -0.05) is 32.6 Å². The van der Waals surface area contributed by atoms with E-state index >= 15 is 0 Å². The SMILES string of the molecule is CCCCCC(O)O.O=CC1OCCCCCCO1. The van der Waals surface area contributed by atoms with E-state index in [1.54, 1.807) is 0 Å². The molecule has 2 N–H and O–H groups in total. The number of aliphatic hydroxyl groups excluding tert-OH is 1. The molecule has 19 heavy (non-hydrogen) atoms. The Labute approximate surface area is 115 Å². The van der Waals surface area contributed by atoms with E-state index in [2.05, 4.69) is 6.92 Å². The van der Waals surface area contributed by atoms with E-state index in [1.807, 2.05) is 0 Å². The minimum atomic E-state index is -1.10. The number of carbonyl (C=O) groups is 1. The van der Waals surface area contributed by atoms with Crippen LogP contribution >= 0.6 is 0 Å². The van der Waals surface area contributed by atoms with E-state index in [4.69, 9.17) is 19.7 Å². The van der Waals surface area contributed by atoms with Crippen molar-refractivity contribution in [2.45, 2.75) is 70.9 Å². The van der Waals surface area contributed by atoms with Gasteiger partial charge in [0.15, 0.2) is 12.6 Å². The van der Waals surface area contributed by atoms with E-state index in [1.165, 1.54) is 12.8 Å². The molecule has 0 aromatic carbocycles. The molecule has 1 rings (SSSR count). The van der Waals surface area contributed by atoms with Gasteiger partial charge in [0.25, 0.3) is 0 Å². The Morgan fingerprint density at radius 3 is 2.11 bits per heavy atom. The molecule has 0 unspecified atom stereocenters. The molecule has 0 atom stereocenters. The summed E-state index contributed by atoms with van der Waals surface area (Å²) >= 11 is 0. The fourth-order valence-electron chi connectivity index (χ4n) is 1.66. The van der Waals surface area contributed by atoms with Crippen molar-refractivity contribution in [3.8, 4) is 0 Å². The zero-order chi connectivity index (χ0) is 14.3. The second-order valence-electron chi connectivity index (χ2n) is 4.64. The van der Waals surface area contributed by atoms with E-state index in [0.717, 1.165) is 32.1 Å². The molecule has 0 saturated carbocycles. The standard InChI is InChI=1S/C8H14O3.C6H14O2/c9-7-8-10-5-3-1-2-4-6-11-8;1-2-3-4-5-6(7)8/h7-8H,1-6H2;6-8H,2-5H2,1H3. The van der Waals surface area contributed by atoms with Gasteiger partial charge in [0.05, 0.1) is 13.2 Å². The van der Waals surface area contributed by atoms with Crippen LogP contribution in [0.15, 0.2) is 0 Å². The second kappa shape index (κ2) is 13.9. The molecule has 0 amide bonds. The lowest BCUT2D eigenvalue weighted by molar-refractivity contribution is -0.156. The van der Waals surface area contributed by atoms with Gasteiger partial charge in [-0.15, -0.1) is 0 Å². The number of unbranched alkanes of at least 4 members (excludes halogenated alkanes) is 2. The van der Waals surface area contributed by atoms with Gasteiger partial charge in [-0.2, -0.15) is 0 Å². The van der Waals surface area contributed by atoms with Crippen molar-refractivity contribution in [2.24, 2.45) is 0 Å². The Bertz CT molecular complexity index is 186. The van der Waals surface area contributed by atoms with Crippen molar-refractivity contribution >= 4 is 6.29 Å². The van der Waals surface area contributed by atoms with Gasteiger partial charge in [0.1, 0.15) is 0 Å². The van der Waals surface area contributed by atoms with Crippen molar-refractivity contribution in [1.29, 1.82) is 0 Å². The predicted octanol–water partition coefficient (Wildman–Crippen LogP) is 2.00. The number of carbonyl (C=O) groups excluding carboxylic acids is 1. The maximum atomic E-state index is 10.3. The normalized spacial score (nSPS) is 17.9. The molecular weight excluding hydrogens is 248 g/mol. The lowest BCUT2D eigenvalue weighted by atomic mass is 10.2. The molecule has 0 aliphatic carbocycles. The Kier molecular flexibility index (Phi) is 13.6. The average Bonchev–Trinajstić information content (AvgIpc) is 2.52. The molecule has 5 heteroatoms. The van der Waals surface area contributed by atoms with Gasteiger partial charge in [0, 0.05) is 0 Å². The third-order valence-electron chi connectivity index (χ3n) is 2.78. The third-order valence-corrected chi connectivity index (χ3v) is 2.78.